The Bertz CT molecular complexity index is 613. The molecule has 4 atom stereocenters. The minimum absolute atomic E-state index is 0.0233. The molecule has 2 saturated heterocycles. The van der Waals surface area contributed by atoms with Crippen molar-refractivity contribution in [2.45, 2.75) is 95.3 Å². The average molecular weight is 377 g/mol. The molecule has 1 unspecified atom stereocenters. The van der Waals surface area contributed by atoms with Crippen molar-refractivity contribution in [3.05, 3.63) is 29.6 Å². The van der Waals surface area contributed by atoms with E-state index in [1.165, 1.54) is 49.4 Å². The Hall–Kier alpha value is 0.01000. The van der Waals surface area contributed by atoms with E-state index in [-0.39, 0.29) is 15.8 Å². The van der Waals surface area contributed by atoms with Gasteiger partial charge in [0.15, 0.2) is 0 Å². The van der Waals surface area contributed by atoms with Crippen molar-refractivity contribution in [3.63, 3.8) is 0 Å². The van der Waals surface area contributed by atoms with Crippen molar-refractivity contribution < 1.29 is 0 Å². The summed E-state index contributed by atoms with van der Waals surface area (Å²) >= 11 is 0. The summed E-state index contributed by atoms with van der Waals surface area (Å²) in [6.45, 7) is 17.2. The third kappa shape index (κ3) is 3.84. The lowest BCUT2D eigenvalue weighted by atomic mass is 10.00. The van der Waals surface area contributed by atoms with Crippen LogP contribution in [-0.4, -0.2) is 27.6 Å². The second-order valence-electron chi connectivity index (χ2n) is 10.2. The Balaban J connectivity index is 1.94. The normalized spacial score (nSPS) is 33.8. The van der Waals surface area contributed by atoms with E-state index in [1.54, 1.807) is 0 Å². The van der Waals surface area contributed by atoms with E-state index in [9.17, 15) is 0 Å². The molecule has 0 saturated carbocycles. The number of hydrogen-bond acceptors (Lipinski definition) is 1. The fraction of sp³-hybridized carbons (Fsp3) is 0.773. The van der Waals surface area contributed by atoms with Crippen LogP contribution in [0.15, 0.2) is 18.2 Å². The third-order valence-corrected chi connectivity index (χ3v) is 14.1. The fourth-order valence-corrected chi connectivity index (χ4v) is 12.5. The van der Waals surface area contributed by atoms with Crippen LogP contribution in [-0.2, 0) is 5.16 Å². The van der Waals surface area contributed by atoms with Gasteiger partial charge in [-0.1, -0.05) is 63.5 Å². The predicted molar refractivity (Wildman–Crippen MR) is 116 cm³/mol. The molecule has 3 heterocycles. The van der Waals surface area contributed by atoms with Gasteiger partial charge >= 0.3 is 0 Å². The van der Waals surface area contributed by atoms with Crippen LogP contribution in [0.1, 0.15) is 91.2 Å². The van der Waals surface area contributed by atoms with E-state index in [0.29, 0.717) is 15.5 Å². The van der Waals surface area contributed by atoms with E-state index >= 15 is 0 Å². The summed E-state index contributed by atoms with van der Waals surface area (Å²) < 4.78 is 0. The zero-order valence-electron chi connectivity index (χ0n) is 17.4. The molecule has 0 bridgehead atoms. The Labute approximate surface area is 158 Å². The van der Waals surface area contributed by atoms with Crippen LogP contribution < -0.4 is 0 Å². The monoisotopic (exact) mass is 377 g/mol. The minimum Gasteiger partial charge on any atom is -0.256 e. The van der Waals surface area contributed by atoms with Crippen LogP contribution >= 0.6 is 15.8 Å². The van der Waals surface area contributed by atoms with E-state index < -0.39 is 0 Å². The first-order chi connectivity index (χ1) is 11.5. The highest BCUT2D eigenvalue weighted by Crippen LogP contribution is 2.70. The smallest absolute Gasteiger partial charge is 0.0509 e. The van der Waals surface area contributed by atoms with Crippen molar-refractivity contribution >= 4 is 15.8 Å². The first kappa shape index (κ1) is 19.8. The van der Waals surface area contributed by atoms with Crippen molar-refractivity contribution in [1.29, 1.82) is 0 Å². The molecule has 0 aliphatic carbocycles. The molecular weight excluding hydrogens is 340 g/mol. The Morgan fingerprint density at radius 1 is 1.00 bits per heavy atom. The number of nitrogens with zero attached hydrogens (tertiary/aromatic N) is 1. The van der Waals surface area contributed by atoms with Crippen LogP contribution in [0, 0.1) is 0 Å². The Kier molecular flexibility index (Phi) is 5.43. The first-order valence-electron chi connectivity index (χ1n) is 10.1. The second-order valence-corrected chi connectivity index (χ2v) is 17.2. The molecule has 0 N–H and O–H groups in total. The molecule has 0 radical (unpaired) electrons. The van der Waals surface area contributed by atoms with Crippen LogP contribution in [0.4, 0.5) is 0 Å². The molecule has 1 aromatic heterocycles. The lowest BCUT2D eigenvalue weighted by Crippen LogP contribution is -2.26. The number of rotatable bonds is 2. The maximum Gasteiger partial charge on any atom is 0.0509 e. The van der Waals surface area contributed by atoms with E-state index in [2.05, 4.69) is 66.7 Å². The SMILES string of the molecule is CC(C)(C)[P@]1CCCC1c1cccc([C@@]2(C)CCC[P@@]2C(C)(C)C)n1. The third-order valence-electron chi connectivity index (χ3n) is 6.23. The van der Waals surface area contributed by atoms with Gasteiger partial charge in [-0.15, -0.1) is 0 Å². The molecular formula is C22H37NP2. The molecule has 0 spiro atoms. The Morgan fingerprint density at radius 2 is 1.72 bits per heavy atom. The first-order valence-corrected chi connectivity index (χ1v) is 13.2. The standard InChI is InChI=1S/C22H37NP2/c1-20(2,3)24-15-9-12-18(24)17-11-8-13-19(23-17)22(7)14-10-16-25(22)21(4,5)6/h8,11,13,18H,9-10,12,14-16H2,1-7H3/t18?,22-,24-,25+/m1/s1. The highest BCUT2D eigenvalue weighted by atomic mass is 31.1. The van der Waals surface area contributed by atoms with Crippen LogP contribution in [0.5, 0.6) is 0 Å². The molecule has 2 aliphatic rings. The maximum atomic E-state index is 5.37. The van der Waals surface area contributed by atoms with Gasteiger partial charge in [0.1, 0.15) is 0 Å². The molecule has 1 nitrogen and oxygen atoms in total. The highest BCUT2D eigenvalue weighted by Gasteiger charge is 2.46. The second kappa shape index (κ2) is 6.87. The molecule has 0 aromatic carbocycles. The Morgan fingerprint density at radius 3 is 2.36 bits per heavy atom. The van der Waals surface area contributed by atoms with E-state index in [1.807, 2.05) is 0 Å². The highest BCUT2D eigenvalue weighted by molar-refractivity contribution is 7.60. The van der Waals surface area contributed by atoms with Gasteiger partial charge in [0, 0.05) is 16.5 Å². The molecule has 3 heteroatoms. The zero-order valence-corrected chi connectivity index (χ0v) is 19.2. The lowest BCUT2D eigenvalue weighted by Gasteiger charge is -2.41. The van der Waals surface area contributed by atoms with Gasteiger partial charge in [-0.2, -0.15) is 0 Å². The molecule has 3 rings (SSSR count). The van der Waals surface area contributed by atoms with Crippen LogP contribution in [0.3, 0.4) is 0 Å². The summed E-state index contributed by atoms with van der Waals surface area (Å²) in [6.07, 6.45) is 8.30. The summed E-state index contributed by atoms with van der Waals surface area (Å²) in [5.74, 6) is 0. The van der Waals surface area contributed by atoms with Crippen molar-refractivity contribution in [1.82, 2.24) is 4.98 Å². The topological polar surface area (TPSA) is 12.9 Å². The summed E-state index contributed by atoms with van der Waals surface area (Å²) in [6, 6.07) is 6.98. The molecule has 0 amide bonds. The number of hydrogen-bond donors (Lipinski definition) is 0. The number of aromatic nitrogens is 1. The van der Waals surface area contributed by atoms with Crippen molar-refractivity contribution in [2.75, 3.05) is 12.3 Å². The summed E-state index contributed by atoms with van der Waals surface area (Å²) in [5, 5.41) is 1.18. The number of pyridine rings is 1. The van der Waals surface area contributed by atoms with Gasteiger partial charge in [0.2, 0.25) is 0 Å². The molecule has 2 aliphatic heterocycles. The predicted octanol–water partition coefficient (Wildman–Crippen LogP) is 7.49. The van der Waals surface area contributed by atoms with Crippen LogP contribution in [0.25, 0.3) is 0 Å². The van der Waals surface area contributed by atoms with Gasteiger partial charge in [0.05, 0.1) is 5.69 Å². The summed E-state index contributed by atoms with van der Waals surface area (Å²) in [7, 11) is 0.0188. The van der Waals surface area contributed by atoms with Gasteiger partial charge in [0.25, 0.3) is 0 Å². The summed E-state index contributed by atoms with van der Waals surface area (Å²) in [4.78, 5) is 5.37. The lowest BCUT2D eigenvalue weighted by molar-refractivity contribution is 0.601. The largest absolute Gasteiger partial charge is 0.256 e. The quantitative estimate of drug-likeness (QED) is 0.487. The van der Waals surface area contributed by atoms with Gasteiger partial charge in [-0.3, -0.25) is 4.98 Å². The zero-order chi connectivity index (χ0) is 18.5. The van der Waals surface area contributed by atoms with E-state index in [0.717, 1.165) is 5.66 Å². The molecule has 2 fully saturated rings. The maximum absolute atomic E-state index is 5.37. The van der Waals surface area contributed by atoms with E-state index in [4.69, 9.17) is 4.98 Å². The fourth-order valence-electron chi connectivity index (χ4n) is 5.12. The van der Waals surface area contributed by atoms with Gasteiger partial charge in [-0.05, 0) is 67.4 Å². The molecule has 25 heavy (non-hydrogen) atoms. The molecule has 1 aromatic rings. The molecule has 140 valence electrons. The van der Waals surface area contributed by atoms with Gasteiger partial charge < -0.3 is 0 Å². The van der Waals surface area contributed by atoms with Crippen molar-refractivity contribution in [3.8, 4) is 0 Å². The minimum atomic E-state index is -0.0233. The summed E-state index contributed by atoms with van der Waals surface area (Å²) in [5.41, 5.74) is 3.54. The average Bonchev–Trinajstić information content (AvgIpc) is 3.13. The van der Waals surface area contributed by atoms with Crippen molar-refractivity contribution in [2.24, 2.45) is 0 Å². The van der Waals surface area contributed by atoms with Crippen LogP contribution in [0.2, 0.25) is 0 Å². The van der Waals surface area contributed by atoms with Gasteiger partial charge in [-0.25, -0.2) is 0 Å².